The van der Waals surface area contributed by atoms with Crippen LogP contribution in [0.3, 0.4) is 0 Å². The van der Waals surface area contributed by atoms with E-state index in [9.17, 15) is 0 Å². The Labute approximate surface area is 191 Å². The first-order chi connectivity index (χ1) is 15.7. The fourth-order valence-corrected chi connectivity index (χ4v) is 5.26. The molecule has 2 atom stereocenters. The quantitative estimate of drug-likeness (QED) is 0.252. The Kier molecular flexibility index (Phi) is 5.53. The predicted octanol–water partition coefficient (Wildman–Crippen LogP) is 8.86. The molecule has 0 aliphatic carbocycles. The number of rotatable bonds is 5. The number of benzene rings is 5. The minimum Gasteiger partial charge on any atom is -0.0622 e. The summed E-state index contributed by atoms with van der Waals surface area (Å²) in [7, 11) is 0. The molecule has 5 aromatic rings. The van der Waals surface area contributed by atoms with Crippen LogP contribution in [0.1, 0.15) is 60.4 Å². The topological polar surface area (TPSA) is 0 Å². The van der Waals surface area contributed by atoms with Crippen LogP contribution in [-0.2, 0) is 6.42 Å². The van der Waals surface area contributed by atoms with Gasteiger partial charge < -0.3 is 0 Å². The van der Waals surface area contributed by atoms with Crippen LogP contribution in [0, 0.1) is 0 Å². The summed E-state index contributed by atoms with van der Waals surface area (Å²) in [5.74, 6) is 0.633. The molecule has 0 N–H and O–H groups in total. The van der Waals surface area contributed by atoms with Crippen molar-refractivity contribution in [3.8, 4) is 0 Å². The molecule has 0 saturated heterocycles. The second kappa shape index (κ2) is 8.63. The zero-order valence-electron chi connectivity index (χ0n) is 19.2. The highest BCUT2D eigenvalue weighted by molar-refractivity contribution is 6.07. The standard InChI is InChI=1S/C32H30/c1-4-24-19-20-29-30(21-24)32(23(3)26-15-9-6-10-16-26)28-18-12-11-17-27(28)31(29)22(2)25-13-7-5-8-14-25/h5-23H,4H2,1-3H3. The van der Waals surface area contributed by atoms with Crippen LogP contribution in [-0.4, -0.2) is 0 Å². The van der Waals surface area contributed by atoms with E-state index in [1.807, 2.05) is 0 Å². The van der Waals surface area contributed by atoms with Crippen molar-refractivity contribution >= 4 is 21.5 Å². The lowest BCUT2D eigenvalue weighted by molar-refractivity contribution is 0.929. The molecule has 32 heavy (non-hydrogen) atoms. The van der Waals surface area contributed by atoms with Gasteiger partial charge in [-0.3, -0.25) is 0 Å². The normalized spacial score (nSPS) is 13.3. The van der Waals surface area contributed by atoms with Crippen LogP contribution >= 0.6 is 0 Å². The molecule has 0 aliphatic heterocycles. The van der Waals surface area contributed by atoms with Gasteiger partial charge in [0.05, 0.1) is 0 Å². The molecule has 5 rings (SSSR count). The fraction of sp³-hybridized carbons (Fsp3) is 0.188. The van der Waals surface area contributed by atoms with Crippen LogP contribution in [0.15, 0.2) is 103 Å². The van der Waals surface area contributed by atoms with Crippen LogP contribution in [0.25, 0.3) is 21.5 Å². The van der Waals surface area contributed by atoms with Gasteiger partial charge in [-0.25, -0.2) is 0 Å². The Balaban J connectivity index is 1.88. The Morgan fingerprint density at radius 1 is 0.500 bits per heavy atom. The van der Waals surface area contributed by atoms with Crippen LogP contribution in [0.5, 0.6) is 0 Å². The van der Waals surface area contributed by atoms with Gasteiger partial charge in [-0.05, 0) is 55.8 Å². The highest BCUT2D eigenvalue weighted by Crippen LogP contribution is 2.43. The molecule has 0 saturated carbocycles. The molecule has 158 valence electrons. The van der Waals surface area contributed by atoms with E-state index in [0.717, 1.165) is 6.42 Å². The molecule has 2 unspecified atom stereocenters. The van der Waals surface area contributed by atoms with Crippen molar-refractivity contribution in [1.82, 2.24) is 0 Å². The molecule has 0 nitrogen and oxygen atoms in total. The summed E-state index contributed by atoms with van der Waals surface area (Å²) in [5, 5.41) is 5.54. The molecule has 0 aliphatic rings. The van der Waals surface area contributed by atoms with Gasteiger partial charge in [0.2, 0.25) is 0 Å². The van der Waals surface area contributed by atoms with E-state index >= 15 is 0 Å². The molecule has 5 aromatic carbocycles. The van der Waals surface area contributed by atoms with Crippen molar-refractivity contribution in [2.45, 2.75) is 39.0 Å². The van der Waals surface area contributed by atoms with E-state index in [4.69, 9.17) is 0 Å². The van der Waals surface area contributed by atoms with Crippen LogP contribution in [0.2, 0.25) is 0 Å². The molecular formula is C32H30. The van der Waals surface area contributed by atoms with E-state index in [-0.39, 0.29) is 0 Å². The molecule has 0 amide bonds. The Morgan fingerprint density at radius 2 is 0.938 bits per heavy atom. The average molecular weight is 415 g/mol. The molecular weight excluding hydrogens is 384 g/mol. The number of fused-ring (bicyclic) bond motifs is 2. The monoisotopic (exact) mass is 414 g/mol. The summed E-state index contributed by atoms with van der Waals surface area (Å²) in [4.78, 5) is 0. The lowest BCUT2D eigenvalue weighted by atomic mass is 9.79. The molecule has 0 fully saturated rings. The van der Waals surface area contributed by atoms with Gasteiger partial charge in [-0.2, -0.15) is 0 Å². The van der Waals surface area contributed by atoms with Gasteiger partial charge in [-0.15, -0.1) is 0 Å². The lowest BCUT2D eigenvalue weighted by Crippen LogP contribution is -2.04. The largest absolute Gasteiger partial charge is 0.0622 e. The lowest BCUT2D eigenvalue weighted by Gasteiger charge is -2.25. The maximum Gasteiger partial charge on any atom is 0.00733 e. The third-order valence-electron chi connectivity index (χ3n) is 7.05. The zero-order valence-corrected chi connectivity index (χ0v) is 19.2. The van der Waals surface area contributed by atoms with Crippen molar-refractivity contribution in [1.29, 1.82) is 0 Å². The van der Waals surface area contributed by atoms with Gasteiger partial charge in [0.25, 0.3) is 0 Å². The highest BCUT2D eigenvalue weighted by Gasteiger charge is 2.22. The van der Waals surface area contributed by atoms with Gasteiger partial charge >= 0.3 is 0 Å². The van der Waals surface area contributed by atoms with Crippen LogP contribution in [0.4, 0.5) is 0 Å². The van der Waals surface area contributed by atoms with Crippen LogP contribution < -0.4 is 0 Å². The second-order valence-corrected chi connectivity index (χ2v) is 8.87. The third kappa shape index (κ3) is 3.50. The summed E-state index contributed by atoms with van der Waals surface area (Å²) < 4.78 is 0. The van der Waals surface area contributed by atoms with E-state index in [1.165, 1.54) is 49.4 Å². The van der Waals surface area contributed by atoms with Crippen molar-refractivity contribution in [3.05, 3.63) is 131 Å². The van der Waals surface area contributed by atoms with E-state index in [2.05, 4.69) is 124 Å². The highest BCUT2D eigenvalue weighted by atomic mass is 14.3. The predicted molar refractivity (Wildman–Crippen MR) is 139 cm³/mol. The van der Waals surface area contributed by atoms with Gasteiger partial charge in [-0.1, -0.05) is 124 Å². The van der Waals surface area contributed by atoms with Crippen molar-refractivity contribution in [2.24, 2.45) is 0 Å². The fourth-order valence-electron chi connectivity index (χ4n) is 5.26. The van der Waals surface area contributed by atoms with E-state index < -0.39 is 0 Å². The summed E-state index contributed by atoms with van der Waals surface area (Å²) in [6, 6.07) is 38.0. The summed E-state index contributed by atoms with van der Waals surface area (Å²) in [5.41, 5.74) is 7.01. The average Bonchev–Trinajstić information content (AvgIpc) is 2.87. The minimum absolute atomic E-state index is 0.316. The maximum atomic E-state index is 2.44. The first-order valence-corrected chi connectivity index (χ1v) is 11.8. The molecule has 0 heteroatoms. The molecule has 0 heterocycles. The van der Waals surface area contributed by atoms with Gasteiger partial charge in [0.1, 0.15) is 0 Å². The Hall–Kier alpha value is -3.38. The number of hydrogen-bond donors (Lipinski definition) is 0. The second-order valence-electron chi connectivity index (χ2n) is 8.87. The van der Waals surface area contributed by atoms with Crippen molar-refractivity contribution in [2.75, 3.05) is 0 Å². The maximum absolute atomic E-state index is 2.44. The first kappa shape index (κ1) is 20.5. The summed E-state index contributed by atoms with van der Waals surface area (Å²) in [6.07, 6.45) is 1.05. The number of hydrogen-bond acceptors (Lipinski definition) is 0. The van der Waals surface area contributed by atoms with E-state index in [1.54, 1.807) is 0 Å². The minimum atomic E-state index is 0.316. The molecule has 0 spiro atoms. The van der Waals surface area contributed by atoms with Gasteiger partial charge in [0, 0.05) is 11.8 Å². The van der Waals surface area contributed by atoms with Crippen molar-refractivity contribution in [3.63, 3.8) is 0 Å². The SMILES string of the molecule is CCc1ccc2c(C(C)c3ccccc3)c3ccccc3c(C(C)c3ccccc3)c2c1. The summed E-state index contributed by atoms with van der Waals surface area (Å²) in [6.45, 7) is 6.95. The van der Waals surface area contributed by atoms with Crippen molar-refractivity contribution < 1.29 is 0 Å². The van der Waals surface area contributed by atoms with Gasteiger partial charge in [0.15, 0.2) is 0 Å². The Bertz CT molecular complexity index is 1360. The number of aryl methyl sites for hydroxylation is 1. The Morgan fingerprint density at radius 3 is 1.44 bits per heavy atom. The molecule has 0 radical (unpaired) electrons. The summed E-state index contributed by atoms with van der Waals surface area (Å²) >= 11 is 0. The first-order valence-electron chi connectivity index (χ1n) is 11.8. The smallest absolute Gasteiger partial charge is 0.00733 e. The molecule has 0 aromatic heterocycles. The van der Waals surface area contributed by atoms with E-state index in [0.29, 0.717) is 11.8 Å². The zero-order chi connectivity index (χ0) is 22.1. The molecule has 0 bridgehead atoms. The third-order valence-corrected chi connectivity index (χ3v) is 7.05.